The molecule has 2 aromatic carbocycles. The summed E-state index contributed by atoms with van der Waals surface area (Å²) >= 11 is 5.83. The van der Waals surface area contributed by atoms with E-state index in [-0.39, 0.29) is 11.6 Å². The molecule has 0 aliphatic heterocycles. The van der Waals surface area contributed by atoms with E-state index < -0.39 is 5.91 Å². The van der Waals surface area contributed by atoms with E-state index in [1.54, 1.807) is 36.4 Å². The SMILES string of the molecule is NC(=O)c1cc(COc2cccc(CCNC(=O)c3ccc(Cl)cc3)c2)ccn1. The number of ether oxygens (including phenoxy) is 1. The molecule has 0 bridgehead atoms. The van der Waals surface area contributed by atoms with E-state index in [0.29, 0.717) is 35.9 Å². The van der Waals surface area contributed by atoms with Crippen LogP contribution in [0.25, 0.3) is 0 Å². The number of carbonyl (C=O) groups excluding carboxylic acids is 2. The minimum absolute atomic E-state index is 0.142. The van der Waals surface area contributed by atoms with E-state index >= 15 is 0 Å². The van der Waals surface area contributed by atoms with Crippen molar-refractivity contribution in [3.05, 3.63) is 94.3 Å². The average Bonchev–Trinajstić information content (AvgIpc) is 2.73. The van der Waals surface area contributed by atoms with Crippen LogP contribution in [0.3, 0.4) is 0 Å². The molecule has 1 aromatic heterocycles. The summed E-state index contributed by atoms with van der Waals surface area (Å²) in [7, 11) is 0. The Morgan fingerprint density at radius 2 is 1.83 bits per heavy atom. The van der Waals surface area contributed by atoms with Gasteiger partial charge in [0.2, 0.25) is 0 Å². The molecule has 0 saturated heterocycles. The van der Waals surface area contributed by atoms with Crippen LogP contribution >= 0.6 is 11.6 Å². The van der Waals surface area contributed by atoms with Crippen LogP contribution in [-0.2, 0) is 13.0 Å². The van der Waals surface area contributed by atoms with Gasteiger partial charge < -0.3 is 15.8 Å². The van der Waals surface area contributed by atoms with Crippen molar-refractivity contribution in [2.24, 2.45) is 5.73 Å². The molecule has 0 spiro atoms. The Morgan fingerprint density at radius 3 is 2.59 bits per heavy atom. The highest BCUT2D eigenvalue weighted by atomic mass is 35.5. The molecule has 1 heterocycles. The number of primary amides is 1. The summed E-state index contributed by atoms with van der Waals surface area (Å²) in [6, 6.07) is 17.8. The zero-order chi connectivity index (χ0) is 20.6. The summed E-state index contributed by atoms with van der Waals surface area (Å²) < 4.78 is 5.80. The quantitative estimate of drug-likeness (QED) is 0.596. The Bertz CT molecular complexity index is 1010. The van der Waals surface area contributed by atoms with Crippen molar-refractivity contribution >= 4 is 23.4 Å². The number of rotatable bonds is 8. The Labute approximate surface area is 173 Å². The third-order valence-corrected chi connectivity index (χ3v) is 4.44. The predicted octanol–water partition coefficient (Wildman–Crippen LogP) is 3.39. The molecule has 2 amide bonds. The highest BCUT2D eigenvalue weighted by molar-refractivity contribution is 6.30. The number of amides is 2. The largest absolute Gasteiger partial charge is 0.489 e. The monoisotopic (exact) mass is 409 g/mol. The number of pyridine rings is 1. The highest BCUT2D eigenvalue weighted by Crippen LogP contribution is 2.16. The van der Waals surface area contributed by atoms with Crippen molar-refractivity contribution in [3.63, 3.8) is 0 Å². The molecule has 0 aliphatic rings. The maximum absolute atomic E-state index is 12.1. The summed E-state index contributed by atoms with van der Waals surface area (Å²) in [5.74, 6) is -0.0181. The lowest BCUT2D eigenvalue weighted by atomic mass is 10.1. The lowest BCUT2D eigenvalue weighted by molar-refractivity contribution is 0.0952. The summed E-state index contributed by atoms with van der Waals surface area (Å²) in [6.45, 7) is 0.788. The van der Waals surface area contributed by atoms with Crippen LogP contribution in [0.15, 0.2) is 66.9 Å². The molecular weight excluding hydrogens is 390 g/mol. The van der Waals surface area contributed by atoms with Gasteiger partial charge in [0, 0.05) is 23.3 Å². The molecule has 0 radical (unpaired) electrons. The maximum Gasteiger partial charge on any atom is 0.267 e. The normalized spacial score (nSPS) is 10.4. The average molecular weight is 410 g/mol. The number of nitrogens with zero attached hydrogens (tertiary/aromatic N) is 1. The van der Waals surface area contributed by atoms with Gasteiger partial charge in [0.15, 0.2) is 0 Å². The number of benzene rings is 2. The Hall–Kier alpha value is -3.38. The van der Waals surface area contributed by atoms with Crippen molar-refractivity contribution < 1.29 is 14.3 Å². The molecule has 0 fully saturated rings. The first-order chi connectivity index (χ1) is 14.0. The number of hydrogen-bond acceptors (Lipinski definition) is 4. The van der Waals surface area contributed by atoms with Gasteiger partial charge in [0.25, 0.3) is 11.8 Å². The first-order valence-electron chi connectivity index (χ1n) is 9.01. The van der Waals surface area contributed by atoms with Crippen LogP contribution in [0, 0.1) is 0 Å². The van der Waals surface area contributed by atoms with Crippen molar-refractivity contribution in [3.8, 4) is 5.75 Å². The van der Waals surface area contributed by atoms with Gasteiger partial charge in [-0.1, -0.05) is 23.7 Å². The van der Waals surface area contributed by atoms with Crippen molar-refractivity contribution in [1.82, 2.24) is 10.3 Å². The third kappa shape index (κ3) is 6.05. The Morgan fingerprint density at radius 1 is 1.03 bits per heavy atom. The van der Waals surface area contributed by atoms with Crippen LogP contribution in [0.2, 0.25) is 5.02 Å². The second-order valence-corrected chi connectivity index (χ2v) is 6.80. The summed E-state index contributed by atoms with van der Waals surface area (Å²) in [6.07, 6.45) is 2.19. The predicted molar refractivity (Wildman–Crippen MR) is 111 cm³/mol. The lowest BCUT2D eigenvalue weighted by Crippen LogP contribution is -2.25. The van der Waals surface area contributed by atoms with E-state index in [1.807, 2.05) is 24.3 Å². The molecule has 0 aliphatic carbocycles. The van der Waals surface area contributed by atoms with Crippen molar-refractivity contribution in [1.29, 1.82) is 0 Å². The minimum Gasteiger partial charge on any atom is -0.489 e. The molecule has 6 nitrogen and oxygen atoms in total. The Balaban J connectivity index is 1.51. The standard InChI is InChI=1S/C22H20ClN3O3/c23-18-6-4-17(5-7-18)22(28)26-11-8-15-2-1-3-19(12-15)29-14-16-9-10-25-20(13-16)21(24)27/h1-7,9-10,12-13H,8,11,14H2,(H2,24,27)(H,26,28). The first-order valence-corrected chi connectivity index (χ1v) is 9.39. The number of nitrogens with one attached hydrogen (secondary N) is 1. The van der Waals surface area contributed by atoms with Gasteiger partial charge in [-0.15, -0.1) is 0 Å². The molecular formula is C22H20ClN3O3. The van der Waals surface area contributed by atoms with Gasteiger partial charge in [-0.05, 0) is 66.1 Å². The van der Waals surface area contributed by atoms with Crippen LogP contribution in [-0.4, -0.2) is 23.3 Å². The van der Waals surface area contributed by atoms with E-state index in [1.165, 1.54) is 6.20 Å². The van der Waals surface area contributed by atoms with Crippen LogP contribution in [0.1, 0.15) is 32.0 Å². The Kier molecular flexibility index (Phi) is 6.81. The lowest BCUT2D eigenvalue weighted by Gasteiger charge is -2.09. The summed E-state index contributed by atoms with van der Waals surface area (Å²) in [5.41, 5.74) is 7.85. The fraction of sp³-hybridized carbons (Fsp3) is 0.136. The molecule has 3 N–H and O–H groups in total. The first kappa shape index (κ1) is 20.4. The highest BCUT2D eigenvalue weighted by Gasteiger charge is 2.06. The zero-order valence-electron chi connectivity index (χ0n) is 15.6. The van der Waals surface area contributed by atoms with Gasteiger partial charge in [-0.3, -0.25) is 14.6 Å². The van der Waals surface area contributed by atoms with Gasteiger partial charge in [0.05, 0.1) is 0 Å². The molecule has 148 valence electrons. The zero-order valence-corrected chi connectivity index (χ0v) is 16.4. The molecule has 29 heavy (non-hydrogen) atoms. The second kappa shape index (κ2) is 9.71. The molecule has 0 atom stereocenters. The van der Waals surface area contributed by atoms with Crippen molar-refractivity contribution in [2.45, 2.75) is 13.0 Å². The fourth-order valence-electron chi connectivity index (χ4n) is 2.68. The molecule has 3 aromatic rings. The van der Waals surface area contributed by atoms with E-state index in [0.717, 1.165) is 11.1 Å². The van der Waals surface area contributed by atoms with Gasteiger partial charge >= 0.3 is 0 Å². The van der Waals surface area contributed by atoms with Gasteiger partial charge in [-0.25, -0.2) is 0 Å². The number of aromatic nitrogens is 1. The van der Waals surface area contributed by atoms with Gasteiger partial charge in [0.1, 0.15) is 18.1 Å². The summed E-state index contributed by atoms with van der Waals surface area (Å²) in [5, 5.41) is 3.48. The number of nitrogens with two attached hydrogens (primary N) is 1. The fourth-order valence-corrected chi connectivity index (χ4v) is 2.81. The van der Waals surface area contributed by atoms with Crippen molar-refractivity contribution in [2.75, 3.05) is 6.54 Å². The number of carbonyl (C=O) groups is 2. The van der Waals surface area contributed by atoms with Gasteiger partial charge in [-0.2, -0.15) is 0 Å². The van der Waals surface area contributed by atoms with E-state index in [2.05, 4.69) is 10.3 Å². The molecule has 7 heteroatoms. The second-order valence-electron chi connectivity index (χ2n) is 6.36. The molecule has 3 rings (SSSR count). The third-order valence-electron chi connectivity index (χ3n) is 4.19. The maximum atomic E-state index is 12.1. The molecule has 0 saturated carbocycles. The topological polar surface area (TPSA) is 94.3 Å². The van der Waals surface area contributed by atoms with Crippen LogP contribution < -0.4 is 15.8 Å². The van der Waals surface area contributed by atoms with Crippen LogP contribution in [0.4, 0.5) is 0 Å². The summed E-state index contributed by atoms with van der Waals surface area (Å²) in [4.78, 5) is 27.3. The number of hydrogen-bond donors (Lipinski definition) is 2. The minimum atomic E-state index is -0.575. The smallest absolute Gasteiger partial charge is 0.267 e. The van der Waals surface area contributed by atoms with E-state index in [4.69, 9.17) is 22.1 Å². The number of halogens is 1. The van der Waals surface area contributed by atoms with E-state index in [9.17, 15) is 9.59 Å². The molecule has 0 unspecified atom stereocenters. The van der Waals surface area contributed by atoms with Crippen LogP contribution in [0.5, 0.6) is 5.75 Å².